The molecule has 0 spiro atoms. The SMILES string of the molecule is COc1ccccc1Cn1c(CNC(=O)c2ccc(C)cc2C)nc2ccccc21. The molecule has 0 radical (unpaired) electrons. The minimum atomic E-state index is -0.0941. The molecule has 0 fully saturated rings. The van der Waals surface area contributed by atoms with Gasteiger partial charge in [0.1, 0.15) is 11.6 Å². The smallest absolute Gasteiger partial charge is 0.251 e. The average molecular weight is 399 g/mol. The van der Waals surface area contributed by atoms with Gasteiger partial charge in [-0.05, 0) is 43.7 Å². The van der Waals surface area contributed by atoms with Gasteiger partial charge in [0.05, 0.1) is 31.2 Å². The number of fused-ring (bicyclic) bond motifs is 1. The molecule has 1 aromatic heterocycles. The summed E-state index contributed by atoms with van der Waals surface area (Å²) in [6, 6.07) is 21.8. The molecule has 0 aliphatic carbocycles. The fourth-order valence-corrected chi connectivity index (χ4v) is 3.76. The van der Waals surface area contributed by atoms with Crippen LogP contribution in [0.25, 0.3) is 11.0 Å². The lowest BCUT2D eigenvalue weighted by molar-refractivity contribution is 0.0949. The number of nitrogens with zero attached hydrogens (tertiary/aromatic N) is 2. The molecule has 0 unspecified atom stereocenters. The van der Waals surface area contributed by atoms with E-state index in [9.17, 15) is 4.79 Å². The van der Waals surface area contributed by atoms with Crippen molar-refractivity contribution in [2.75, 3.05) is 7.11 Å². The third kappa shape index (κ3) is 3.92. The summed E-state index contributed by atoms with van der Waals surface area (Å²) in [4.78, 5) is 17.5. The van der Waals surface area contributed by atoms with Crippen molar-refractivity contribution in [1.29, 1.82) is 0 Å². The number of aryl methyl sites for hydroxylation is 2. The van der Waals surface area contributed by atoms with E-state index >= 15 is 0 Å². The Bertz CT molecular complexity index is 1210. The number of ether oxygens (including phenoxy) is 1. The highest BCUT2D eigenvalue weighted by atomic mass is 16.5. The van der Waals surface area contributed by atoms with Gasteiger partial charge >= 0.3 is 0 Å². The van der Waals surface area contributed by atoms with E-state index in [-0.39, 0.29) is 5.91 Å². The molecule has 5 nitrogen and oxygen atoms in total. The molecule has 1 amide bonds. The van der Waals surface area contributed by atoms with Crippen LogP contribution in [0.5, 0.6) is 5.75 Å². The van der Waals surface area contributed by atoms with Gasteiger partial charge in [0, 0.05) is 11.1 Å². The molecule has 3 aromatic carbocycles. The largest absolute Gasteiger partial charge is 0.496 e. The predicted octanol–water partition coefficient (Wildman–Crippen LogP) is 4.64. The summed E-state index contributed by atoms with van der Waals surface area (Å²) in [5.41, 5.74) is 5.79. The van der Waals surface area contributed by atoms with Crippen LogP contribution in [0.15, 0.2) is 66.7 Å². The van der Waals surface area contributed by atoms with E-state index in [0.29, 0.717) is 18.7 Å². The number of rotatable bonds is 6. The maximum atomic E-state index is 12.8. The van der Waals surface area contributed by atoms with Crippen LogP contribution >= 0.6 is 0 Å². The number of para-hydroxylation sites is 3. The van der Waals surface area contributed by atoms with Gasteiger partial charge in [0.15, 0.2) is 0 Å². The third-order valence-corrected chi connectivity index (χ3v) is 5.29. The third-order valence-electron chi connectivity index (χ3n) is 5.29. The van der Waals surface area contributed by atoms with Crippen LogP contribution in [0, 0.1) is 13.8 Å². The number of benzene rings is 3. The minimum Gasteiger partial charge on any atom is -0.496 e. The molecular weight excluding hydrogens is 374 g/mol. The van der Waals surface area contributed by atoms with E-state index in [1.54, 1.807) is 7.11 Å². The van der Waals surface area contributed by atoms with Crippen LogP contribution in [-0.4, -0.2) is 22.6 Å². The molecule has 0 aliphatic heterocycles. The van der Waals surface area contributed by atoms with Crippen molar-refractivity contribution in [3.05, 3.63) is 94.8 Å². The molecule has 0 bridgehead atoms. The monoisotopic (exact) mass is 399 g/mol. The molecule has 0 saturated carbocycles. The van der Waals surface area contributed by atoms with E-state index in [4.69, 9.17) is 9.72 Å². The fraction of sp³-hybridized carbons (Fsp3) is 0.200. The number of hydrogen-bond donors (Lipinski definition) is 1. The first-order valence-corrected chi connectivity index (χ1v) is 9.98. The molecule has 152 valence electrons. The van der Waals surface area contributed by atoms with Gasteiger partial charge in [-0.25, -0.2) is 4.98 Å². The Kier molecular flexibility index (Phi) is 5.53. The Morgan fingerprint density at radius 1 is 1.03 bits per heavy atom. The Morgan fingerprint density at radius 3 is 2.60 bits per heavy atom. The molecule has 0 atom stereocenters. The molecule has 30 heavy (non-hydrogen) atoms. The molecule has 1 N–H and O–H groups in total. The van der Waals surface area contributed by atoms with Crippen molar-refractivity contribution in [3.63, 3.8) is 0 Å². The van der Waals surface area contributed by atoms with Crippen molar-refractivity contribution in [1.82, 2.24) is 14.9 Å². The van der Waals surface area contributed by atoms with E-state index in [1.165, 1.54) is 0 Å². The number of carbonyl (C=O) groups excluding carboxylic acids is 1. The molecule has 4 aromatic rings. The van der Waals surface area contributed by atoms with Crippen molar-refractivity contribution in [3.8, 4) is 5.75 Å². The average Bonchev–Trinajstić information content (AvgIpc) is 3.10. The van der Waals surface area contributed by atoms with Crippen molar-refractivity contribution in [2.24, 2.45) is 0 Å². The van der Waals surface area contributed by atoms with Gasteiger partial charge in [-0.3, -0.25) is 4.79 Å². The zero-order valence-electron chi connectivity index (χ0n) is 17.5. The zero-order chi connectivity index (χ0) is 21.1. The maximum absolute atomic E-state index is 12.8. The van der Waals surface area contributed by atoms with Gasteiger partial charge in [0.2, 0.25) is 0 Å². The fourth-order valence-electron chi connectivity index (χ4n) is 3.76. The Morgan fingerprint density at radius 2 is 1.80 bits per heavy atom. The van der Waals surface area contributed by atoms with Crippen molar-refractivity contribution >= 4 is 16.9 Å². The lowest BCUT2D eigenvalue weighted by atomic mass is 10.1. The van der Waals surface area contributed by atoms with Crippen LogP contribution in [0.3, 0.4) is 0 Å². The molecule has 0 saturated heterocycles. The second-order valence-corrected chi connectivity index (χ2v) is 7.42. The van der Waals surface area contributed by atoms with Gasteiger partial charge in [0.25, 0.3) is 5.91 Å². The first kappa shape index (κ1) is 19.7. The van der Waals surface area contributed by atoms with Crippen LogP contribution in [-0.2, 0) is 13.1 Å². The van der Waals surface area contributed by atoms with Gasteiger partial charge < -0.3 is 14.6 Å². The van der Waals surface area contributed by atoms with Gasteiger partial charge in [-0.1, -0.05) is 48.0 Å². The Balaban J connectivity index is 1.64. The highest BCUT2D eigenvalue weighted by molar-refractivity contribution is 5.95. The predicted molar refractivity (Wildman–Crippen MR) is 119 cm³/mol. The highest BCUT2D eigenvalue weighted by Crippen LogP contribution is 2.23. The van der Waals surface area contributed by atoms with Gasteiger partial charge in [-0.15, -0.1) is 0 Å². The topological polar surface area (TPSA) is 56.1 Å². The lowest BCUT2D eigenvalue weighted by Crippen LogP contribution is -2.25. The normalized spacial score (nSPS) is 10.9. The number of carbonyl (C=O) groups is 1. The number of hydrogen-bond acceptors (Lipinski definition) is 3. The summed E-state index contributed by atoms with van der Waals surface area (Å²) in [7, 11) is 1.68. The van der Waals surface area contributed by atoms with E-state index < -0.39 is 0 Å². The number of methoxy groups -OCH3 is 1. The zero-order valence-corrected chi connectivity index (χ0v) is 17.5. The number of aromatic nitrogens is 2. The number of nitrogens with one attached hydrogen (secondary N) is 1. The highest BCUT2D eigenvalue weighted by Gasteiger charge is 2.15. The summed E-state index contributed by atoms with van der Waals surface area (Å²) in [5.74, 6) is 1.55. The van der Waals surface area contributed by atoms with Crippen LogP contribution in [0.1, 0.15) is 32.9 Å². The Labute approximate surface area is 176 Å². The van der Waals surface area contributed by atoms with Crippen molar-refractivity contribution < 1.29 is 9.53 Å². The molecule has 1 heterocycles. The van der Waals surface area contributed by atoms with E-state index in [2.05, 4.69) is 9.88 Å². The second-order valence-electron chi connectivity index (χ2n) is 7.42. The first-order chi connectivity index (χ1) is 14.6. The van der Waals surface area contributed by atoms with Crippen molar-refractivity contribution in [2.45, 2.75) is 26.9 Å². The van der Waals surface area contributed by atoms with Crippen LogP contribution in [0.2, 0.25) is 0 Å². The summed E-state index contributed by atoms with van der Waals surface area (Å²) < 4.78 is 7.66. The Hall–Kier alpha value is -3.60. The van der Waals surface area contributed by atoms with E-state index in [1.807, 2.05) is 80.6 Å². The quantitative estimate of drug-likeness (QED) is 0.514. The second kappa shape index (κ2) is 8.41. The summed E-state index contributed by atoms with van der Waals surface area (Å²) >= 11 is 0. The summed E-state index contributed by atoms with van der Waals surface area (Å²) in [5, 5.41) is 3.04. The number of amides is 1. The molecule has 0 aliphatic rings. The molecule has 4 rings (SSSR count). The van der Waals surface area contributed by atoms with E-state index in [0.717, 1.165) is 39.3 Å². The minimum absolute atomic E-state index is 0.0941. The molecule has 5 heteroatoms. The van der Waals surface area contributed by atoms with Crippen LogP contribution in [0.4, 0.5) is 0 Å². The summed E-state index contributed by atoms with van der Waals surface area (Å²) in [6.07, 6.45) is 0. The standard InChI is InChI=1S/C25H25N3O2/c1-17-12-13-20(18(2)14-17)25(29)26-15-24-27-21-9-5-6-10-22(21)28(24)16-19-8-4-7-11-23(19)30-3/h4-14H,15-16H2,1-3H3,(H,26,29). The molecular formula is C25H25N3O2. The lowest BCUT2D eigenvalue weighted by Gasteiger charge is -2.13. The summed E-state index contributed by atoms with van der Waals surface area (Å²) in [6.45, 7) is 4.93. The maximum Gasteiger partial charge on any atom is 0.251 e. The van der Waals surface area contributed by atoms with Gasteiger partial charge in [-0.2, -0.15) is 0 Å². The first-order valence-electron chi connectivity index (χ1n) is 9.98. The van der Waals surface area contributed by atoms with Crippen LogP contribution < -0.4 is 10.1 Å². The number of imidazole rings is 1.